The number of sulfone groups is 1. The van der Waals surface area contributed by atoms with Gasteiger partial charge in [0.2, 0.25) is 11.8 Å². The molecule has 1 saturated carbocycles. The van der Waals surface area contributed by atoms with Crippen LogP contribution in [0.3, 0.4) is 0 Å². The fourth-order valence-electron chi connectivity index (χ4n) is 4.01. The Kier molecular flexibility index (Phi) is 6.66. The molecular formula is C17H30N2O4S. The molecule has 138 valence electrons. The van der Waals surface area contributed by atoms with E-state index in [0.29, 0.717) is 19.5 Å². The highest BCUT2D eigenvalue weighted by Gasteiger charge is 2.34. The lowest BCUT2D eigenvalue weighted by Crippen LogP contribution is -2.45. The molecule has 1 unspecified atom stereocenters. The van der Waals surface area contributed by atoms with Crippen LogP contribution in [0.2, 0.25) is 0 Å². The van der Waals surface area contributed by atoms with Gasteiger partial charge in [0.1, 0.15) is 0 Å². The third-order valence-corrected chi connectivity index (χ3v) is 7.05. The summed E-state index contributed by atoms with van der Waals surface area (Å²) in [6.45, 7) is 4.41. The van der Waals surface area contributed by atoms with Crippen molar-refractivity contribution < 1.29 is 18.0 Å². The minimum atomic E-state index is -3.00. The van der Waals surface area contributed by atoms with E-state index in [4.69, 9.17) is 0 Å². The van der Waals surface area contributed by atoms with Crippen LogP contribution in [-0.4, -0.2) is 66.7 Å². The third-order valence-electron chi connectivity index (χ3n) is 5.30. The minimum Gasteiger partial charge on any atom is -0.339 e. The van der Waals surface area contributed by atoms with Gasteiger partial charge in [-0.1, -0.05) is 19.3 Å². The van der Waals surface area contributed by atoms with Crippen molar-refractivity contribution in [2.45, 2.75) is 70.9 Å². The highest BCUT2D eigenvalue weighted by Crippen LogP contribution is 2.23. The number of hydrogen-bond donors (Lipinski definition) is 0. The molecule has 0 aromatic carbocycles. The highest BCUT2D eigenvalue weighted by molar-refractivity contribution is 7.91. The van der Waals surface area contributed by atoms with Crippen molar-refractivity contribution in [2.75, 3.05) is 24.6 Å². The van der Waals surface area contributed by atoms with Crippen molar-refractivity contribution in [3.05, 3.63) is 0 Å². The average Bonchev–Trinajstić information content (AvgIpc) is 2.89. The monoisotopic (exact) mass is 358 g/mol. The van der Waals surface area contributed by atoms with Gasteiger partial charge in [0.05, 0.1) is 11.5 Å². The van der Waals surface area contributed by atoms with Gasteiger partial charge in [-0.05, 0) is 26.2 Å². The van der Waals surface area contributed by atoms with E-state index in [-0.39, 0.29) is 41.8 Å². The van der Waals surface area contributed by atoms with E-state index in [0.717, 1.165) is 25.7 Å². The number of rotatable bonds is 6. The summed E-state index contributed by atoms with van der Waals surface area (Å²) in [6, 6.07) is 0.0546. The summed E-state index contributed by atoms with van der Waals surface area (Å²) in [7, 11) is -3.00. The molecule has 0 N–H and O–H groups in total. The lowest BCUT2D eigenvalue weighted by molar-refractivity contribution is -0.136. The van der Waals surface area contributed by atoms with Crippen LogP contribution in [-0.2, 0) is 19.4 Å². The van der Waals surface area contributed by atoms with Gasteiger partial charge in [0.15, 0.2) is 9.84 Å². The molecule has 0 aromatic rings. The molecule has 0 spiro atoms. The molecule has 1 aliphatic carbocycles. The summed E-state index contributed by atoms with van der Waals surface area (Å²) in [5.41, 5.74) is 0. The van der Waals surface area contributed by atoms with Crippen LogP contribution in [0.5, 0.6) is 0 Å². The van der Waals surface area contributed by atoms with Crippen molar-refractivity contribution in [1.29, 1.82) is 0 Å². The van der Waals surface area contributed by atoms with Crippen molar-refractivity contribution in [3.8, 4) is 0 Å². The Morgan fingerprint density at radius 3 is 2.17 bits per heavy atom. The highest BCUT2D eigenvalue weighted by atomic mass is 32.2. The van der Waals surface area contributed by atoms with Crippen LogP contribution >= 0.6 is 0 Å². The molecule has 1 heterocycles. The second-order valence-corrected chi connectivity index (χ2v) is 9.22. The van der Waals surface area contributed by atoms with Gasteiger partial charge >= 0.3 is 0 Å². The van der Waals surface area contributed by atoms with Crippen molar-refractivity contribution >= 4 is 21.7 Å². The van der Waals surface area contributed by atoms with Crippen molar-refractivity contribution in [3.63, 3.8) is 0 Å². The average molecular weight is 359 g/mol. The van der Waals surface area contributed by atoms with Crippen LogP contribution in [0, 0.1) is 0 Å². The number of carbonyl (C=O) groups is 2. The number of carbonyl (C=O) groups excluding carboxylic acids is 2. The molecule has 2 fully saturated rings. The summed E-state index contributed by atoms with van der Waals surface area (Å²) in [5, 5.41) is 0. The molecule has 1 aliphatic heterocycles. The smallest absolute Gasteiger partial charge is 0.224 e. The zero-order chi connectivity index (χ0) is 17.7. The molecule has 6 nitrogen and oxygen atoms in total. The van der Waals surface area contributed by atoms with Crippen molar-refractivity contribution in [1.82, 2.24) is 9.80 Å². The number of nitrogens with zero attached hydrogens (tertiary/aromatic N) is 2. The first-order chi connectivity index (χ1) is 11.3. The Balaban J connectivity index is 1.92. The van der Waals surface area contributed by atoms with E-state index in [9.17, 15) is 18.0 Å². The lowest BCUT2D eigenvalue weighted by Gasteiger charge is -2.34. The quantitative estimate of drug-likeness (QED) is 0.723. The second kappa shape index (κ2) is 8.32. The van der Waals surface area contributed by atoms with E-state index in [1.54, 1.807) is 11.8 Å². The fraction of sp³-hybridized carbons (Fsp3) is 0.882. The Hall–Kier alpha value is -1.11. The molecular weight excluding hydrogens is 328 g/mol. The van der Waals surface area contributed by atoms with Gasteiger partial charge in [-0.2, -0.15) is 0 Å². The Morgan fingerprint density at radius 2 is 1.67 bits per heavy atom. The SMILES string of the molecule is CCN(C(=O)CCN(C(C)=O)C1CCCCC1)C1CCS(=O)(=O)C1. The minimum absolute atomic E-state index is 0.0289. The first-order valence-electron chi connectivity index (χ1n) is 9.11. The molecule has 0 radical (unpaired) electrons. The second-order valence-electron chi connectivity index (χ2n) is 6.99. The summed E-state index contributed by atoms with van der Waals surface area (Å²) in [6.07, 6.45) is 6.35. The van der Waals surface area contributed by atoms with E-state index in [2.05, 4.69) is 0 Å². The summed E-state index contributed by atoms with van der Waals surface area (Å²) in [5.74, 6) is 0.234. The van der Waals surface area contributed by atoms with E-state index in [1.807, 2.05) is 11.8 Å². The predicted molar refractivity (Wildman–Crippen MR) is 93.3 cm³/mol. The Morgan fingerprint density at radius 1 is 1.00 bits per heavy atom. The Labute approximate surface area is 145 Å². The first-order valence-corrected chi connectivity index (χ1v) is 10.9. The van der Waals surface area contributed by atoms with Crippen LogP contribution in [0.25, 0.3) is 0 Å². The summed E-state index contributed by atoms with van der Waals surface area (Å²) in [4.78, 5) is 28.1. The molecule has 7 heteroatoms. The largest absolute Gasteiger partial charge is 0.339 e. The van der Waals surface area contributed by atoms with E-state index >= 15 is 0 Å². The fourth-order valence-corrected chi connectivity index (χ4v) is 5.74. The molecule has 1 atom stereocenters. The maximum absolute atomic E-state index is 12.6. The number of hydrogen-bond acceptors (Lipinski definition) is 4. The Bertz CT molecular complexity index is 555. The third kappa shape index (κ3) is 4.94. The standard InChI is InChI=1S/C17H30N2O4S/c1-3-18(16-10-12-24(22,23)13-16)17(21)9-11-19(14(2)20)15-7-5-4-6-8-15/h15-16H,3-13H2,1-2H3. The van der Waals surface area contributed by atoms with E-state index < -0.39 is 9.84 Å². The van der Waals surface area contributed by atoms with Gasteiger partial charge < -0.3 is 9.80 Å². The van der Waals surface area contributed by atoms with Crippen molar-refractivity contribution in [2.24, 2.45) is 0 Å². The van der Waals surface area contributed by atoms with Crippen LogP contribution in [0.15, 0.2) is 0 Å². The lowest BCUT2D eigenvalue weighted by atomic mass is 9.94. The molecule has 2 aliphatic rings. The zero-order valence-corrected chi connectivity index (χ0v) is 15.7. The normalized spacial score (nSPS) is 23.8. The van der Waals surface area contributed by atoms with Crippen LogP contribution < -0.4 is 0 Å². The zero-order valence-electron chi connectivity index (χ0n) is 14.9. The van der Waals surface area contributed by atoms with Gasteiger partial charge in [-0.3, -0.25) is 9.59 Å². The van der Waals surface area contributed by atoms with Gasteiger partial charge in [-0.25, -0.2) is 8.42 Å². The number of amides is 2. The molecule has 0 bridgehead atoms. The molecule has 2 amide bonds. The summed E-state index contributed by atoms with van der Waals surface area (Å²) < 4.78 is 23.3. The topological polar surface area (TPSA) is 74.8 Å². The maximum Gasteiger partial charge on any atom is 0.224 e. The van der Waals surface area contributed by atoms with Crippen LogP contribution in [0.1, 0.15) is 58.8 Å². The molecule has 0 aromatic heterocycles. The van der Waals surface area contributed by atoms with Crippen LogP contribution in [0.4, 0.5) is 0 Å². The van der Waals surface area contributed by atoms with Gasteiger partial charge in [0, 0.05) is 38.5 Å². The molecule has 2 rings (SSSR count). The predicted octanol–water partition coefficient (Wildman–Crippen LogP) is 1.59. The molecule has 24 heavy (non-hydrogen) atoms. The summed E-state index contributed by atoms with van der Waals surface area (Å²) >= 11 is 0. The van der Waals surface area contributed by atoms with Gasteiger partial charge in [-0.15, -0.1) is 0 Å². The van der Waals surface area contributed by atoms with Gasteiger partial charge in [0.25, 0.3) is 0 Å². The van der Waals surface area contributed by atoms with E-state index in [1.165, 1.54) is 6.42 Å². The maximum atomic E-state index is 12.6. The molecule has 1 saturated heterocycles. The first kappa shape index (κ1) is 19.2.